The van der Waals surface area contributed by atoms with Crippen LogP contribution in [-0.4, -0.2) is 18.4 Å². The smallest absolute Gasteiger partial charge is 0.278 e. The fourth-order valence-corrected chi connectivity index (χ4v) is 3.55. The summed E-state index contributed by atoms with van der Waals surface area (Å²) in [6.45, 7) is 0. The highest BCUT2D eigenvalue weighted by atomic mass is 32.2. The molecule has 3 aromatic rings. The molecule has 0 aliphatic rings. The van der Waals surface area contributed by atoms with E-state index in [-0.39, 0.29) is 21.9 Å². The van der Waals surface area contributed by atoms with Gasteiger partial charge in [0.25, 0.3) is 15.7 Å². The third-order valence-electron chi connectivity index (χ3n) is 3.66. The zero-order chi connectivity index (χ0) is 18.7. The molecule has 0 atom stereocenters. The molecule has 0 aliphatic heterocycles. The Bertz CT molecular complexity index is 1070. The Morgan fingerprint density at radius 3 is 2.31 bits per heavy atom. The lowest BCUT2D eigenvalue weighted by Gasteiger charge is -2.10. The van der Waals surface area contributed by atoms with Crippen LogP contribution in [-0.2, 0) is 10.0 Å². The Kier molecular flexibility index (Phi) is 4.59. The number of anilines is 1. The molecule has 0 heterocycles. The summed E-state index contributed by atoms with van der Waals surface area (Å²) < 4.78 is 27.4. The summed E-state index contributed by atoms with van der Waals surface area (Å²) in [5.41, 5.74) is 0.611. The molecule has 0 aromatic heterocycles. The standard InChI is InChI=1S/C18H14N2O5S/c21-15-8-4-5-13(11-15)17-10-9-16(12-18(17)20(22)23)26(24,25)19-14-6-2-1-3-7-14/h1-12,19,21H. The molecule has 132 valence electrons. The highest BCUT2D eigenvalue weighted by Crippen LogP contribution is 2.33. The van der Waals surface area contributed by atoms with E-state index in [0.717, 1.165) is 6.07 Å². The summed E-state index contributed by atoms with van der Waals surface area (Å²) in [6, 6.07) is 17.9. The molecule has 26 heavy (non-hydrogen) atoms. The molecule has 0 bridgehead atoms. The molecular weight excluding hydrogens is 356 g/mol. The van der Waals surface area contributed by atoms with Gasteiger partial charge >= 0.3 is 0 Å². The zero-order valence-corrected chi connectivity index (χ0v) is 14.2. The van der Waals surface area contributed by atoms with Gasteiger partial charge in [-0.2, -0.15) is 0 Å². The summed E-state index contributed by atoms with van der Waals surface area (Å²) in [6.07, 6.45) is 0. The SMILES string of the molecule is O=[N+]([O-])c1cc(S(=O)(=O)Nc2ccccc2)ccc1-c1cccc(O)c1. The van der Waals surface area contributed by atoms with Gasteiger partial charge in [-0.15, -0.1) is 0 Å². The molecule has 8 heteroatoms. The normalized spacial score (nSPS) is 11.1. The van der Waals surface area contributed by atoms with Crippen molar-refractivity contribution in [2.75, 3.05) is 4.72 Å². The van der Waals surface area contributed by atoms with Gasteiger partial charge < -0.3 is 5.11 Å². The van der Waals surface area contributed by atoms with Crippen LogP contribution in [0.25, 0.3) is 11.1 Å². The summed E-state index contributed by atoms with van der Waals surface area (Å²) >= 11 is 0. The molecule has 0 aliphatic carbocycles. The minimum atomic E-state index is -3.98. The van der Waals surface area contributed by atoms with E-state index < -0.39 is 14.9 Å². The van der Waals surface area contributed by atoms with Gasteiger partial charge in [-0.25, -0.2) is 8.42 Å². The second-order valence-corrected chi connectivity index (χ2v) is 7.14. The number of phenolic OH excluding ortho intramolecular Hbond substituents is 1. The lowest BCUT2D eigenvalue weighted by molar-refractivity contribution is -0.384. The fourth-order valence-electron chi connectivity index (χ4n) is 2.47. The first-order chi connectivity index (χ1) is 12.4. The number of hydrogen-bond donors (Lipinski definition) is 2. The van der Waals surface area contributed by atoms with Crippen molar-refractivity contribution in [3.8, 4) is 16.9 Å². The van der Waals surface area contributed by atoms with Crippen molar-refractivity contribution >= 4 is 21.4 Å². The molecule has 0 amide bonds. The average molecular weight is 370 g/mol. The number of aromatic hydroxyl groups is 1. The third kappa shape index (κ3) is 3.65. The molecule has 0 unspecified atom stereocenters. The number of rotatable bonds is 5. The van der Waals surface area contributed by atoms with E-state index in [0.29, 0.717) is 11.3 Å². The van der Waals surface area contributed by atoms with Crippen molar-refractivity contribution in [1.82, 2.24) is 0 Å². The molecule has 0 radical (unpaired) electrons. The van der Waals surface area contributed by atoms with Gasteiger partial charge in [-0.1, -0.05) is 30.3 Å². The van der Waals surface area contributed by atoms with Crippen LogP contribution in [0.4, 0.5) is 11.4 Å². The van der Waals surface area contributed by atoms with Crippen molar-refractivity contribution in [2.24, 2.45) is 0 Å². The monoisotopic (exact) mass is 370 g/mol. The Hall–Kier alpha value is -3.39. The lowest BCUT2D eigenvalue weighted by atomic mass is 10.0. The number of nitrogens with zero attached hydrogens (tertiary/aromatic N) is 1. The first-order valence-corrected chi connectivity index (χ1v) is 9.01. The minimum Gasteiger partial charge on any atom is -0.508 e. The number of nitrogens with one attached hydrogen (secondary N) is 1. The quantitative estimate of drug-likeness (QED) is 0.525. The maximum atomic E-state index is 12.5. The van der Waals surface area contributed by atoms with E-state index in [9.17, 15) is 23.6 Å². The fraction of sp³-hybridized carbons (Fsp3) is 0. The Morgan fingerprint density at radius 1 is 0.923 bits per heavy atom. The number of nitro groups is 1. The molecule has 0 saturated heterocycles. The highest BCUT2D eigenvalue weighted by Gasteiger charge is 2.22. The largest absolute Gasteiger partial charge is 0.508 e. The van der Waals surface area contributed by atoms with Gasteiger partial charge in [0.15, 0.2) is 0 Å². The third-order valence-corrected chi connectivity index (χ3v) is 5.04. The lowest BCUT2D eigenvalue weighted by Crippen LogP contribution is -2.13. The number of phenols is 1. The summed E-state index contributed by atoms with van der Waals surface area (Å²) in [4.78, 5) is 10.6. The molecule has 0 saturated carbocycles. The molecule has 0 fully saturated rings. The van der Waals surface area contributed by atoms with Crippen molar-refractivity contribution in [2.45, 2.75) is 4.90 Å². The van der Waals surface area contributed by atoms with Crippen LogP contribution >= 0.6 is 0 Å². The van der Waals surface area contributed by atoms with Crippen molar-refractivity contribution in [3.63, 3.8) is 0 Å². The van der Waals surface area contributed by atoms with Crippen LogP contribution in [0.2, 0.25) is 0 Å². The molecule has 2 N–H and O–H groups in total. The maximum absolute atomic E-state index is 12.5. The Balaban J connectivity index is 2.05. The molecule has 7 nitrogen and oxygen atoms in total. The van der Waals surface area contributed by atoms with Gasteiger partial charge in [0, 0.05) is 11.8 Å². The summed E-state index contributed by atoms with van der Waals surface area (Å²) in [5.74, 6) is -0.0424. The highest BCUT2D eigenvalue weighted by molar-refractivity contribution is 7.92. The first kappa shape index (κ1) is 17.4. The molecule has 3 rings (SSSR count). The maximum Gasteiger partial charge on any atom is 0.278 e. The average Bonchev–Trinajstić information content (AvgIpc) is 2.61. The summed E-state index contributed by atoms with van der Waals surface area (Å²) in [5, 5.41) is 21.0. The van der Waals surface area contributed by atoms with Crippen LogP contribution < -0.4 is 4.72 Å². The number of para-hydroxylation sites is 1. The van der Waals surface area contributed by atoms with E-state index in [2.05, 4.69) is 4.72 Å². The van der Waals surface area contributed by atoms with Gasteiger partial charge in [0.2, 0.25) is 0 Å². The summed E-state index contributed by atoms with van der Waals surface area (Å²) in [7, 11) is -3.98. The second kappa shape index (κ2) is 6.85. The van der Waals surface area contributed by atoms with Gasteiger partial charge in [0.1, 0.15) is 5.75 Å². The topological polar surface area (TPSA) is 110 Å². The zero-order valence-electron chi connectivity index (χ0n) is 13.4. The van der Waals surface area contributed by atoms with E-state index in [1.807, 2.05) is 0 Å². The number of hydrogen-bond acceptors (Lipinski definition) is 5. The predicted molar refractivity (Wildman–Crippen MR) is 97.4 cm³/mol. The second-order valence-electron chi connectivity index (χ2n) is 5.46. The van der Waals surface area contributed by atoms with Crippen LogP contribution in [0.3, 0.4) is 0 Å². The van der Waals surface area contributed by atoms with Crippen molar-refractivity contribution < 1.29 is 18.4 Å². The van der Waals surface area contributed by atoms with E-state index in [4.69, 9.17) is 0 Å². The molecule has 3 aromatic carbocycles. The van der Waals surface area contributed by atoms with Crippen LogP contribution in [0.1, 0.15) is 0 Å². The molecular formula is C18H14N2O5S. The van der Waals surface area contributed by atoms with Crippen molar-refractivity contribution in [3.05, 3.63) is 82.9 Å². The van der Waals surface area contributed by atoms with Crippen LogP contribution in [0.5, 0.6) is 5.75 Å². The number of sulfonamides is 1. The van der Waals surface area contributed by atoms with Gasteiger partial charge in [-0.3, -0.25) is 14.8 Å². The minimum absolute atomic E-state index is 0.0424. The van der Waals surface area contributed by atoms with Crippen LogP contribution in [0.15, 0.2) is 77.7 Å². The van der Waals surface area contributed by atoms with Gasteiger partial charge in [0.05, 0.1) is 15.4 Å². The Labute approximate surface area is 149 Å². The first-order valence-electron chi connectivity index (χ1n) is 7.52. The predicted octanol–water partition coefficient (Wildman–Crippen LogP) is 3.77. The van der Waals surface area contributed by atoms with Gasteiger partial charge in [-0.05, 0) is 42.0 Å². The Morgan fingerprint density at radius 2 is 1.65 bits per heavy atom. The van der Waals surface area contributed by atoms with Crippen LogP contribution in [0, 0.1) is 10.1 Å². The van der Waals surface area contributed by atoms with E-state index >= 15 is 0 Å². The van der Waals surface area contributed by atoms with Crippen molar-refractivity contribution in [1.29, 1.82) is 0 Å². The van der Waals surface area contributed by atoms with E-state index in [1.165, 1.54) is 24.3 Å². The molecule has 0 spiro atoms. The number of benzene rings is 3. The van der Waals surface area contributed by atoms with E-state index in [1.54, 1.807) is 42.5 Å². The number of nitro benzene ring substituents is 1.